The largest absolute Gasteiger partial charge is 0.361 e. The molecule has 0 aliphatic carbocycles. The van der Waals surface area contributed by atoms with Gasteiger partial charge in [0.25, 0.3) is 11.8 Å². The number of nitrogens with one attached hydrogen (secondary N) is 2. The van der Waals surface area contributed by atoms with Crippen LogP contribution in [0.3, 0.4) is 0 Å². The maximum Gasteiger partial charge on any atom is 0.269 e. The molecule has 5 rings (SSSR count). The highest BCUT2D eigenvalue weighted by molar-refractivity contribution is 6.53. The van der Waals surface area contributed by atoms with E-state index in [-0.39, 0.29) is 23.4 Å². The fourth-order valence-corrected chi connectivity index (χ4v) is 5.05. The zero-order chi connectivity index (χ0) is 25.9. The molecule has 2 aromatic carbocycles. The summed E-state index contributed by atoms with van der Waals surface area (Å²) in [6.45, 7) is 1.86. The Morgan fingerprint density at radius 3 is 1.70 bits per heavy atom. The molecule has 3 amide bonds. The second-order valence-electron chi connectivity index (χ2n) is 9.39. The number of rotatable bonds is 10. The molecule has 0 atom stereocenters. The average Bonchev–Trinajstić information content (AvgIpc) is 3.59. The molecule has 37 heavy (non-hydrogen) atoms. The summed E-state index contributed by atoms with van der Waals surface area (Å²) in [4.78, 5) is 59.3. The van der Waals surface area contributed by atoms with Crippen molar-refractivity contribution in [1.29, 1.82) is 0 Å². The second kappa shape index (κ2) is 10.4. The van der Waals surface area contributed by atoms with Gasteiger partial charge in [0.15, 0.2) is 0 Å². The van der Waals surface area contributed by atoms with Gasteiger partial charge in [-0.05, 0) is 25.0 Å². The number of fused-ring (bicyclic) bond motifs is 2. The summed E-state index contributed by atoms with van der Waals surface area (Å²) >= 11 is 0. The molecule has 0 bridgehead atoms. The van der Waals surface area contributed by atoms with Crippen molar-refractivity contribution < 1.29 is 19.2 Å². The quantitative estimate of drug-likeness (QED) is 0.215. The number of para-hydroxylation sites is 2. The predicted molar refractivity (Wildman–Crippen MR) is 143 cm³/mol. The molecule has 0 radical (unpaired) electrons. The van der Waals surface area contributed by atoms with Crippen molar-refractivity contribution in [2.75, 3.05) is 0 Å². The molecule has 7 nitrogen and oxygen atoms in total. The van der Waals surface area contributed by atoms with E-state index in [4.69, 9.17) is 0 Å². The van der Waals surface area contributed by atoms with Crippen molar-refractivity contribution in [2.45, 2.75) is 51.9 Å². The Bertz CT molecular complexity index is 1460. The fraction of sp³-hybridized carbons (Fsp3) is 0.267. The number of imide groups is 3. The Labute approximate surface area is 214 Å². The number of aromatic amines is 2. The van der Waals surface area contributed by atoms with Gasteiger partial charge in [0.05, 0.1) is 11.1 Å². The lowest BCUT2D eigenvalue weighted by Gasteiger charge is -2.13. The Balaban J connectivity index is 1.45. The summed E-state index contributed by atoms with van der Waals surface area (Å²) in [6.07, 6.45) is 7.60. The van der Waals surface area contributed by atoms with Gasteiger partial charge in [0.2, 0.25) is 5.91 Å². The highest BCUT2D eigenvalue weighted by Crippen LogP contribution is 2.40. The van der Waals surface area contributed by atoms with Gasteiger partial charge in [0.1, 0.15) is 5.78 Å². The van der Waals surface area contributed by atoms with Crippen LogP contribution in [0.15, 0.2) is 60.9 Å². The molecule has 0 unspecified atom stereocenters. The van der Waals surface area contributed by atoms with E-state index in [1.807, 2.05) is 55.5 Å². The standard InChI is InChI=1S/C30H29N3O4/c1-2-19(34)11-5-3-4-6-16-26(35)33-29(36)27(22-17-31-24-14-9-7-12-20(22)24)28(30(33)37)23-18-32-25-15-10-8-13-21(23)25/h7-10,12-15,17-18,31-32H,2-6,11,16H2,1H3. The lowest BCUT2D eigenvalue weighted by atomic mass is 9.95. The summed E-state index contributed by atoms with van der Waals surface area (Å²) in [5.41, 5.74) is 3.36. The van der Waals surface area contributed by atoms with Crippen LogP contribution in [0, 0.1) is 0 Å². The Kier molecular flexibility index (Phi) is 6.86. The molecule has 0 spiro atoms. The predicted octanol–water partition coefficient (Wildman–Crippen LogP) is 5.78. The molecule has 0 saturated carbocycles. The van der Waals surface area contributed by atoms with Gasteiger partial charge in [-0.2, -0.15) is 0 Å². The Morgan fingerprint density at radius 2 is 1.19 bits per heavy atom. The summed E-state index contributed by atoms with van der Waals surface area (Å²) in [7, 11) is 0. The number of ketones is 1. The van der Waals surface area contributed by atoms with Crippen LogP contribution in [0.4, 0.5) is 0 Å². The lowest BCUT2D eigenvalue weighted by molar-refractivity contribution is -0.147. The lowest BCUT2D eigenvalue weighted by Crippen LogP contribution is -2.37. The van der Waals surface area contributed by atoms with Gasteiger partial charge in [-0.25, -0.2) is 4.90 Å². The minimum atomic E-state index is -0.589. The van der Waals surface area contributed by atoms with Crippen molar-refractivity contribution in [1.82, 2.24) is 14.9 Å². The molecular weight excluding hydrogens is 466 g/mol. The van der Waals surface area contributed by atoms with Gasteiger partial charge in [-0.1, -0.05) is 56.2 Å². The third-order valence-electron chi connectivity index (χ3n) is 7.04. The van der Waals surface area contributed by atoms with Crippen LogP contribution in [0.1, 0.15) is 63.0 Å². The number of hydrogen-bond acceptors (Lipinski definition) is 4. The highest BCUT2D eigenvalue weighted by atomic mass is 16.2. The van der Waals surface area contributed by atoms with Crippen molar-refractivity contribution in [2.24, 2.45) is 0 Å². The van der Waals surface area contributed by atoms with Crippen LogP contribution in [-0.2, 0) is 19.2 Å². The summed E-state index contributed by atoms with van der Waals surface area (Å²) in [5.74, 6) is -1.43. The number of amides is 3. The fourth-order valence-electron chi connectivity index (χ4n) is 5.05. The number of nitrogens with zero attached hydrogens (tertiary/aromatic N) is 1. The molecule has 188 valence electrons. The van der Waals surface area contributed by atoms with E-state index in [9.17, 15) is 19.2 Å². The third-order valence-corrected chi connectivity index (χ3v) is 7.04. The van der Waals surface area contributed by atoms with Crippen LogP contribution in [0.25, 0.3) is 33.0 Å². The number of benzene rings is 2. The molecule has 0 saturated heterocycles. The minimum Gasteiger partial charge on any atom is -0.361 e. The van der Waals surface area contributed by atoms with Crippen LogP contribution in [0.5, 0.6) is 0 Å². The number of aromatic nitrogens is 2. The number of hydrogen-bond donors (Lipinski definition) is 2. The number of Topliss-reactive ketones (excluding diaryl/α,β-unsaturated/α-hetero) is 1. The monoisotopic (exact) mass is 495 g/mol. The molecule has 2 aromatic heterocycles. The van der Waals surface area contributed by atoms with Crippen LogP contribution in [0.2, 0.25) is 0 Å². The minimum absolute atomic E-state index is 0.0987. The maximum atomic E-state index is 13.7. The molecular formula is C30H29N3O4. The van der Waals surface area contributed by atoms with E-state index in [0.717, 1.165) is 46.0 Å². The SMILES string of the molecule is CCC(=O)CCCCCCC(=O)N1C(=O)C(c2c[nH]c3ccccc23)=C(c2c[nH]c3ccccc23)C1=O. The number of carbonyl (C=O) groups excluding carboxylic acids is 4. The van der Waals surface area contributed by atoms with Gasteiger partial charge in [0, 0.05) is 64.6 Å². The Morgan fingerprint density at radius 1 is 0.703 bits per heavy atom. The normalized spacial score (nSPS) is 13.9. The van der Waals surface area contributed by atoms with Crippen molar-refractivity contribution in [3.63, 3.8) is 0 Å². The zero-order valence-electron chi connectivity index (χ0n) is 20.8. The summed E-state index contributed by atoms with van der Waals surface area (Å²) in [6, 6.07) is 15.2. The van der Waals surface area contributed by atoms with E-state index in [1.54, 1.807) is 12.4 Å². The van der Waals surface area contributed by atoms with E-state index >= 15 is 0 Å². The molecule has 3 heterocycles. The molecule has 7 heteroatoms. The molecule has 1 aliphatic heterocycles. The first-order valence-corrected chi connectivity index (χ1v) is 12.8. The molecule has 4 aromatic rings. The first kappa shape index (κ1) is 24.4. The van der Waals surface area contributed by atoms with Gasteiger partial charge < -0.3 is 9.97 Å². The topological polar surface area (TPSA) is 103 Å². The highest BCUT2D eigenvalue weighted by Gasteiger charge is 2.44. The third kappa shape index (κ3) is 4.53. The summed E-state index contributed by atoms with van der Waals surface area (Å²) < 4.78 is 0. The number of unbranched alkanes of at least 4 members (excludes halogenated alkanes) is 3. The number of carbonyl (C=O) groups is 4. The van der Waals surface area contributed by atoms with Crippen LogP contribution >= 0.6 is 0 Å². The van der Waals surface area contributed by atoms with E-state index in [2.05, 4.69) is 9.97 Å². The first-order chi connectivity index (χ1) is 18.0. The van der Waals surface area contributed by atoms with Crippen molar-refractivity contribution in [3.8, 4) is 0 Å². The molecule has 1 aliphatic rings. The van der Waals surface area contributed by atoms with Crippen LogP contribution in [-0.4, -0.2) is 38.4 Å². The average molecular weight is 496 g/mol. The summed E-state index contributed by atoms with van der Waals surface area (Å²) in [5, 5.41) is 1.62. The van der Waals surface area contributed by atoms with Crippen molar-refractivity contribution >= 4 is 56.5 Å². The second-order valence-corrected chi connectivity index (χ2v) is 9.39. The molecule has 2 N–H and O–H groups in total. The molecule has 0 fully saturated rings. The van der Waals surface area contributed by atoms with Gasteiger partial charge >= 0.3 is 0 Å². The van der Waals surface area contributed by atoms with Crippen molar-refractivity contribution in [3.05, 3.63) is 72.1 Å². The van der Waals surface area contributed by atoms with Gasteiger partial charge in [-0.15, -0.1) is 0 Å². The first-order valence-electron chi connectivity index (χ1n) is 12.8. The Hall–Kier alpha value is -4.26. The number of H-pyrrole nitrogens is 2. The van der Waals surface area contributed by atoms with Gasteiger partial charge in [-0.3, -0.25) is 19.2 Å². The smallest absolute Gasteiger partial charge is 0.269 e. The zero-order valence-corrected chi connectivity index (χ0v) is 20.8. The van der Waals surface area contributed by atoms with E-state index < -0.39 is 17.7 Å². The van der Waals surface area contributed by atoms with Crippen LogP contribution < -0.4 is 0 Å². The maximum absolute atomic E-state index is 13.7. The van der Waals surface area contributed by atoms with E-state index in [0.29, 0.717) is 30.4 Å². The van der Waals surface area contributed by atoms with E-state index in [1.165, 1.54) is 0 Å².